The van der Waals surface area contributed by atoms with Gasteiger partial charge in [0.15, 0.2) is 0 Å². The molecule has 1 fully saturated rings. The van der Waals surface area contributed by atoms with Crippen molar-refractivity contribution in [1.29, 1.82) is 0 Å². The zero-order valence-corrected chi connectivity index (χ0v) is 12.4. The molecule has 94 valence electrons. The van der Waals surface area contributed by atoms with Gasteiger partial charge in [-0.05, 0) is 72.4 Å². The minimum absolute atomic E-state index is 0.767. The molecule has 0 aliphatic carbocycles. The maximum absolute atomic E-state index is 6.14. The SMILES string of the molecule is Cc1cc(Br)c(NCC2CCNCC2)cc1Cl. The summed E-state index contributed by atoms with van der Waals surface area (Å²) in [6, 6.07) is 4.06. The van der Waals surface area contributed by atoms with Gasteiger partial charge in [-0.1, -0.05) is 11.6 Å². The smallest absolute Gasteiger partial charge is 0.0499 e. The summed E-state index contributed by atoms with van der Waals surface area (Å²) in [5.74, 6) is 0.767. The highest BCUT2D eigenvalue weighted by Gasteiger charge is 2.13. The molecule has 1 aromatic rings. The molecule has 0 spiro atoms. The van der Waals surface area contributed by atoms with Gasteiger partial charge in [-0.2, -0.15) is 0 Å². The summed E-state index contributed by atoms with van der Waals surface area (Å²) in [7, 11) is 0. The molecule has 0 aromatic heterocycles. The summed E-state index contributed by atoms with van der Waals surface area (Å²) in [6.45, 7) is 5.33. The third-order valence-electron chi connectivity index (χ3n) is 3.29. The molecule has 0 bridgehead atoms. The van der Waals surface area contributed by atoms with Gasteiger partial charge < -0.3 is 10.6 Å². The van der Waals surface area contributed by atoms with E-state index in [1.807, 2.05) is 13.0 Å². The van der Waals surface area contributed by atoms with E-state index >= 15 is 0 Å². The van der Waals surface area contributed by atoms with Gasteiger partial charge >= 0.3 is 0 Å². The van der Waals surface area contributed by atoms with Crippen molar-refractivity contribution in [1.82, 2.24) is 5.32 Å². The van der Waals surface area contributed by atoms with E-state index in [0.717, 1.165) is 46.3 Å². The van der Waals surface area contributed by atoms with Crippen LogP contribution in [-0.4, -0.2) is 19.6 Å². The second kappa shape index (κ2) is 6.07. The summed E-state index contributed by atoms with van der Waals surface area (Å²) in [6.07, 6.45) is 2.51. The van der Waals surface area contributed by atoms with Crippen molar-refractivity contribution in [2.24, 2.45) is 5.92 Å². The van der Waals surface area contributed by atoms with E-state index in [1.165, 1.54) is 12.8 Å². The first-order valence-electron chi connectivity index (χ1n) is 6.07. The molecule has 1 aliphatic rings. The molecular weight excluding hydrogens is 300 g/mol. The fourth-order valence-electron chi connectivity index (χ4n) is 2.12. The van der Waals surface area contributed by atoms with Crippen molar-refractivity contribution in [3.63, 3.8) is 0 Å². The van der Waals surface area contributed by atoms with E-state index in [4.69, 9.17) is 11.6 Å². The van der Waals surface area contributed by atoms with Crippen molar-refractivity contribution in [3.05, 3.63) is 27.2 Å². The van der Waals surface area contributed by atoms with Crippen molar-refractivity contribution >= 4 is 33.2 Å². The van der Waals surface area contributed by atoms with Crippen LogP contribution in [0.15, 0.2) is 16.6 Å². The molecule has 2 nitrogen and oxygen atoms in total. The van der Waals surface area contributed by atoms with Crippen LogP contribution in [0.1, 0.15) is 18.4 Å². The quantitative estimate of drug-likeness (QED) is 0.885. The van der Waals surface area contributed by atoms with E-state index < -0.39 is 0 Å². The van der Waals surface area contributed by atoms with Crippen LogP contribution in [-0.2, 0) is 0 Å². The first-order chi connectivity index (χ1) is 8.16. The molecule has 17 heavy (non-hydrogen) atoms. The normalized spacial score (nSPS) is 17.1. The Balaban J connectivity index is 1.96. The third-order valence-corrected chi connectivity index (χ3v) is 4.35. The third kappa shape index (κ3) is 3.60. The monoisotopic (exact) mass is 316 g/mol. The van der Waals surface area contributed by atoms with Gasteiger partial charge in [0.05, 0.1) is 0 Å². The number of anilines is 1. The second-order valence-corrected chi connectivity index (χ2v) is 5.92. The lowest BCUT2D eigenvalue weighted by Crippen LogP contribution is -2.31. The summed E-state index contributed by atoms with van der Waals surface area (Å²) in [5.41, 5.74) is 2.20. The van der Waals surface area contributed by atoms with Gasteiger partial charge in [0, 0.05) is 21.7 Å². The highest BCUT2D eigenvalue weighted by molar-refractivity contribution is 9.10. The fraction of sp³-hybridized carbons (Fsp3) is 0.538. The minimum Gasteiger partial charge on any atom is -0.384 e. The van der Waals surface area contributed by atoms with Gasteiger partial charge in [-0.15, -0.1) is 0 Å². The number of benzene rings is 1. The number of piperidine rings is 1. The van der Waals surface area contributed by atoms with Crippen LogP contribution in [0, 0.1) is 12.8 Å². The number of hydrogen-bond donors (Lipinski definition) is 2. The van der Waals surface area contributed by atoms with Gasteiger partial charge in [0.1, 0.15) is 0 Å². The second-order valence-electron chi connectivity index (χ2n) is 4.66. The fourth-order valence-corrected chi connectivity index (χ4v) is 2.88. The Labute approximate surface area is 116 Å². The highest BCUT2D eigenvalue weighted by atomic mass is 79.9. The number of aryl methyl sites for hydroxylation is 1. The molecule has 0 amide bonds. The average molecular weight is 318 g/mol. The highest BCUT2D eigenvalue weighted by Crippen LogP contribution is 2.29. The van der Waals surface area contributed by atoms with Crippen molar-refractivity contribution in [2.45, 2.75) is 19.8 Å². The van der Waals surface area contributed by atoms with Crippen LogP contribution < -0.4 is 10.6 Å². The van der Waals surface area contributed by atoms with Crippen LogP contribution in [0.3, 0.4) is 0 Å². The molecule has 0 saturated carbocycles. The molecule has 2 N–H and O–H groups in total. The molecule has 1 saturated heterocycles. The van der Waals surface area contributed by atoms with Gasteiger partial charge in [0.2, 0.25) is 0 Å². The molecule has 4 heteroatoms. The number of nitrogens with one attached hydrogen (secondary N) is 2. The first-order valence-corrected chi connectivity index (χ1v) is 7.24. The first kappa shape index (κ1) is 13.2. The number of hydrogen-bond acceptors (Lipinski definition) is 2. The zero-order chi connectivity index (χ0) is 12.3. The van der Waals surface area contributed by atoms with E-state index in [-0.39, 0.29) is 0 Å². The van der Waals surface area contributed by atoms with E-state index in [1.54, 1.807) is 0 Å². The minimum atomic E-state index is 0.767. The predicted octanol–water partition coefficient (Wildman–Crippen LogP) is 3.82. The Morgan fingerprint density at radius 1 is 1.41 bits per heavy atom. The van der Waals surface area contributed by atoms with Gasteiger partial charge in [-0.25, -0.2) is 0 Å². The molecule has 1 heterocycles. The average Bonchev–Trinajstić information content (AvgIpc) is 2.33. The van der Waals surface area contributed by atoms with Crippen LogP contribution >= 0.6 is 27.5 Å². The standard InChI is InChI=1S/C13H18BrClN2/c1-9-6-11(14)13(7-12(9)15)17-8-10-2-4-16-5-3-10/h6-7,10,16-17H,2-5,8H2,1H3. The van der Waals surface area contributed by atoms with E-state index in [9.17, 15) is 0 Å². The lowest BCUT2D eigenvalue weighted by Gasteiger charge is -2.23. The zero-order valence-electron chi connectivity index (χ0n) is 10.0. The molecular formula is C13H18BrClN2. The Bertz CT molecular complexity index is 389. The number of rotatable bonds is 3. The molecule has 1 aromatic carbocycles. The van der Waals surface area contributed by atoms with Crippen LogP contribution in [0.25, 0.3) is 0 Å². The Morgan fingerprint density at radius 3 is 2.82 bits per heavy atom. The van der Waals surface area contributed by atoms with E-state index in [0.29, 0.717) is 0 Å². The topological polar surface area (TPSA) is 24.1 Å². The molecule has 0 atom stereocenters. The summed E-state index contributed by atoms with van der Waals surface area (Å²) >= 11 is 9.71. The lowest BCUT2D eigenvalue weighted by atomic mass is 9.98. The summed E-state index contributed by atoms with van der Waals surface area (Å²) < 4.78 is 1.09. The molecule has 0 radical (unpaired) electrons. The Hall–Kier alpha value is -0.250. The number of halogens is 2. The van der Waals surface area contributed by atoms with E-state index in [2.05, 4.69) is 32.6 Å². The lowest BCUT2D eigenvalue weighted by molar-refractivity contribution is 0.390. The maximum Gasteiger partial charge on any atom is 0.0499 e. The van der Waals surface area contributed by atoms with Crippen LogP contribution in [0.5, 0.6) is 0 Å². The van der Waals surface area contributed by atoms with Crippen molar-refractivity contribution in [3.8, 4) is 0 Å². The Morgan fingerprint density at radius 2 is 2.12 bits per heavy atom. The van der Waals surface area contributed by atoms with Crippen LogP contribution in [0.2, 0.25) is 5.02 Å². The molecule has 1 aliphatic heterocycles. The van der Waals surface area contributed by atoms with Crippen molar-refractivity contribution < 1.29 is 0 Å². The summed E-state index contributed by atoms with van der Waals surface area (Å²) in [4.78, 5) is 0. The predicted molar refractivity (Wildman–Crippen MR) is 78.0 cm³/mol. The molecule has 0 unspecified atom stereocenters. The van der Waals surface area contributed by atoms with Crippen LogP contribution in [0.4, 0.5) is 5.69 Å². The summed E-state index contributed by atoms with van der Waals surface area (Å²) in [5, 5.41) is 7.69. The van der Waals surface area contributed by atoms with Crippen molar-refractivity contribution in [2.75, 3.05) is 25.0 Å². The molecule has 2 rings (SSSR count). The maximum atomic E-state index is 6.14. The Kier molecular flexibility index (Phi) is 4.71. The van der Waals surface area contributed by atoms with Gasteiger partial charge in [0.25, 0.3) is 0 Å². The van der Waals surface area contributed by atoms with Gasteiger partial charge in [-0.3, -0.25) is 0 Å². The largest absolute Gasteiger partial charge is 0.384 e.